The molecule has 1 aliphatic rings. The first-order valence-electron chi connectivity index (χ1n) is 8.48. The van der Waals surface area contributed by atoms with Gasteiger partial charge in [-0.25, -0.2) is 0 Å². The summed E-state index contributed by atoms with van der Waals surface area (Å²) in [7, 11) is 1.67. The molecule has 1 aromatic rings. The maximum Gasteiger partial charge on any atom is 0.170 e. The first-order chi connectivity index (χ1) is 11.1. The highest BCUT2D eigenvalue weighted by Crippen LogP contribution is 2.20. The van der Waals surface area contributed by atoms with E-state index in [0.29, 0.717) is 5.11 Å². The fourth-order valence-electron chi connectivity index (χ4n) is 3.33. The Morgan fingerprint density at radius 2 is 1.87 bits per heavy atom. The fourth-order valence-corrected chi connectivity index (χ4v) is 3.55. The maximum atomic E-state index is 5.34. The van der Waals surface area contributed by atoms with E-state index < -0.39 is 0 Å². The van der Waals surface area contributed by atoms with Gasteiger partial charge in [0.25, 0.3) is 0 Å². The van der Waals surface area contributed by atoms with Crippen LogP contribution >= 0.6 is 12.2 Å². The Kier molecular flexibility index (Phi) is 7.12. The topological polar surface area (TPSA) is 36.5 Å². The third-order valence-electron chi connectivity index (χ3n) is 4.23. The molecule has 0 spiro atoms. The average Bonchev–Trinajstić information content (AvgIpc) is 2.51. The summed E-state index contributed by atoms with van der Waals surface area (Å²) in [4.78, 5) is 2.58. The first-order valence-corrected chi connectivity index (χ1v) is 8.89. The van der Waals surface area contributed by atoms with Crippen LogP contribution in [0.2, 0.25) is 0 Å². The van der Waals surface area contributed by atoms with Gasteiger partial charge < -0.3 is 20.3 Å². The second-order valence-electron chi connectivity index (χ2n) is 6.67. The Bertz CT molecular complexity index is 482. The van der Waals surface area contributed by atoms with Gasteiger partial charge in [-0.15, -0.1) is 0 Å². The van der Waals surface area contributed by atoms with Crippen molar-refractivity contribution in [2.45, 2.75) is 26.7 Å². The van der Waals surface area contributed by atoms with E-state index in [1.54, 1.807) is 7.11 Å². The minimum absolute atomic E-state index is 0.676. The van der Waals surface area contributed by atoms with Crippen LogP contribution in [0, 0.1) is 11.8 Å². The Morgan fingerprint density at radius 1 is 1.22 bits per heavy atom. The largest absolute Gasteiger partial charge is 0.497 e. The molecule has 0 radical (unpaired) electrons. The molecule has 128 valence electrons. The van der Waals surface area contributed by atoms with E-state index in [4.69, 9.17) is 17.0 Å². The summed E-state index contributed by atoms with van der Waals surface area (Å²) in [5.74, 6) is 2.49. The van der Waals surface area contributed by atoms with Gasteiger partial charge in [0.15, 0.2) is 5.11 Å². The SMILES string of the molecule is COc1ccc(NC(=S)NCCCN2C[C@H](C)C[C@H](C)C2)cc1. The quantitative estimate of drug-likeness (QED) is 0.616. The summed E-state index contributed by atoms with van der Waals surface area (Å²) < 4.78 is 5.15. The van der Waals surface area contributed by atoms with Crippen LogP contribution in [0.5, 0.6) is 5.75 Å². The number of hydrogen-bond donors (Lipinski definition) is 2. The Labute approximate surface area is 145 Å². The molecule has 2 N–H and O–H groups in total. The van der Waals surface area contributed by atoms with E-state index in [9.17, 15) is 0 Å². The van der Waals surface area contributed by atoms with Crippen LogP contribution in [0.25, 0.3) is 0 Å². The number of thiocarbonyl (C=S) groups is 1. The van der Waals surface area contributed by atoms with Gasteiger partial charge in [-0.3, -0.25) is 0 Å². The maximum absolute atomic E-state index is 5.34. The van der Waals surface area contributed by atoms with Crippen molar-refractivity contribution in [1.82, 2.24) is 10.2 Å². The van der Waals surface area contributed by atoms with Crippen LogP contribution in [0.1, 0.15) is 26.7 Å². The van der Waals surface area contributed by atoms with Gasteiger partial charge in [0.05, 0.1) is 7.11 Å². The lowest BCUT2D eigenvalue weighted by atomic mass is 9.92. The van der Waals surface area contributed by atoms with Crippen molar-refractivity contribution < 1.29 is 4.74 Å². The molecule has 0 amide bonds. The molecule has 1 aliphatic heterocycles. The zero-order chi connectivity index (χ0) is 16.7. The molecule has 1 saturated heterocycles. The lowest BCUT2D eigenvalue weighted by molar-refractivity contribution is 0.140. The average molecular weight is 336 g/mol. The minimum atomic E-state index is 0.676. The van der Waals surface area contributed by atoms with Gasteiger partial charge in [-0.2, -0.15) is 0 Å². The van der Waals surface area contributed by atoms with E-state index in [2.05, 4.69) is 29.4 Å². The first kappa shape index (κ1) is 18.0. The standard InChI is InChI=1S/C18H29N3OS/c1-14-11-15(2)13-21(12-14)10-4-9-19-18(23)20-16-5-7-17(22-3)8-6-16/h5-8,14-15H,4,9-13H2,1-3H3,(H2,19,20,23)/t14-,15+. The highest BCUT2D eigenvalue weighted by Gasteiger charge is 2.20. The molecule has 1 heterocycles. The van der Waals surface area contributed by atoms with Crippen LogP contribution in [0.15, 0.2) is 24.3 Å². The lowest BCUT2D eigenvalue weighted by Crippen LogP contribution is -2.40. The Morgan fingerprint density at radius 3 is 2.48 bits per heavy atom. The highest BCUT2D eigenvalue weighted by atomic mass is 32.1. The number of nitrogens with one attached hydrogen (secondary N) is 2. The van der Waals surface area contributed by atoms with Crippen molar-refractivity contribution in [2.75, 3.05) is 38.6 Å². The number of anilines is 1. The van der Waals surface area contributed by atoms with E-state index in [1.807, 2.05) is 24.3 Å². The summed E-state index contributed by atoms with van der Waals surface area (Å²) in [6, 6.07) is 7.76. The molecule has 1 fully saturated rings. The molecule has 0 aliphatic carbocycles. The molecule has 1 aromatic carbocycles. The summed E-state index contributed by atoms with van der Waals surface area (Å²) in [5.41, 5.74) is 0.974. The van der Waals surface area contributed by atoms with Crippen LogP contribution < -0.4 is 15.4 Å². The predicted molar refractivity (Wildman–Crippen MR) is 101 cm³/mol. The number of ether oxygens (including phenoxy) is 1. The molecular formula is C18H29N3OS. The molecule has 0 saturated carbocycles. The summed E-state index contributed by atoms with van der Waals surface area (Å²) in [6.07, 6.45) is 2.48. The Balaban J connectivity index is 1.62. The molecule has 5 heteroatoms. The number of benzene rings is 1. The second-order valence-corrected chi connectivity index (χ2v) is 7.08. The molecule has 2 rings (SSSR count). The monoisotopic (exact) mass is 335 g/mol. The van der Waals surface area contributed by atoms with E-state index >= 15 is 0 Å². The molecule has 23 heavy (non-hydrogen) atoms. The number of rotatable bonds is 6. The lowest BCUT2D eigenvalue weighted by Gasteiger charge is -2.34. The van der Waals surface area contributed by atoms with E-state index in [1.165, 1.54) is 19.5 Å². The van der Waals surface area contributed by atoms with Crippen molar-refractivity contribution in [3.8, 4) is 5.75 Å². The fraction of sp³-hybridized carbons (Fsp3) is 0.611. The number of likely N-dealkylation sites (tertiary alicyclic amines) is 1. The zero-order valence-electron chi connectivity index (χ0n) is 14.5. The highest BCUT2D eigenvalue weighted by molar-refractivity contribution is 7.80. The number of nitrogens with zero attached hydrogens (tertiary/aromatic N) is 1. The van der Waals surface area contributed by atoms with Crippen LogP contribution in [0.4, 0.5) is 5.69 Å². The second kappa shape index (κ2) is 9.08. The normalized spacial score (nSPS) is 21.7. The minimum Gasteiger partial charge on any atom is -0.497 e. The Hall–Kier alpha value is -1.33. The third kappa shape index (κ3) is 6.36. The van der Waals surface area contributed by atoms with Gasteiger partial charge in [0.1, 0.15) is 5.75 Å². The van der Waals surface area contributed by atoms with E-state index in [-0.39, 0.29) is 0 Å². The zero-order valence-corrected chi connectivity index (χ0v) is 15.3. The summed E-state index contributed by atoms with van der Waals surface area (Å²) >= 11 is 5.34. The van der Waals surface area contributed by atoms with Gasteiger partial charge in [-0.1, -0.05) is 13.8 Å². The van der Waals surface area contributed by atoms with Crippen molar-refractivity contribution in [3.05, 3.63) is 24.3 Å². The van der Waals surface area contributed by atoms with Gasteiger partial charge in [0.2, 0.25) is 0 Å². The number of methoxy groups -OCH3 is 1. The van der Waals surface area contributed by atoms with Gasteiger partial charge >= 0.3 is 0 Å². The van der Waals surface area contributed by atoms with Crippen molar-refractivity contribution in [3.63, 3.8) is 0 Å². The molecular weight excluding hydrogens is 306 g/mol. The molecule has 0 aromatic heterocycles. The van der Waals surface area contributed by atoms with Gasteiger partial charge in [0, 0.05) is 25.3 Å². The van der Waals surface area contributed by atoms with Crippen molar-refractivity contribution in [2.24, 2.45) is 11.8 Å². The van der Waals surface area contributed by atoms with E-state index in [0.717, 1.165) is 42.8 Å². The molecule has 4 nitrogen and oxygen atoms in total. The smallest absolute Gasteiger partial charge is 0.170 e. The van der Waals surface area contributed by atoms with Gasteiger partial charge in [-0.05, 0) is 67.7 Å². The summed E-state index contributed by atoms with van der Waals surface area (Å²) in [5, 5.41) is 7.16. The predicted octanol–water partition coefficient (Wildman–Crippen LogP) is 3.35. The molecule has 0 unspecified atom stereocenters. The van der Waals surface area contributed by atoms with Crippen LogP contribution in [-0.2, 0) is 0 Å². The van der Waals surface area contributed by atoms with Crippen LogP contribution in [-0.4, -0.2) is 43.3 Å². The molecule has 2 atom stereocenters. The van der Waals surface area contributed by atoms with Crippen LogP contribution in [0.3, 0.4) is 0 Å². The molecule has 0 bridgehead atoms. The third-order valence-corrected chi connectivity index (χ3v) is 4.48. The number of piperidine rings is 1. The summed E-state index contributed by atoms with van der Waals surface area (Å²) in [6.45, 7) is 9.23. The number of hydrogen-bond acceptors (Lipinski definition) is 3. The van der Waals surface area contributed by atoms with Crippen molar-refractivity contribution >= 4 is 23.0 Å². The van der Waals surface area contributed by atoms with Crippen molar-refractivity contribution in [1.29, 1.82) is 0 Å².